The molecule has 2 N–H and O–H groups in total. The zero-order valence-corrected chi connectivity index (χ0v) is 24.1. The lowest BCUT2D eigenvalue weighted by atomic mass is 9.92. The molecule has 38 heavy (non-hydrogen) atoms. The number of benzene rings is 1. The van der Waals surface area contributed by atoms with Gasteiger partial charge in [-0.3, -0.25) is 4.79 Å². The Bertz CT molecular complexity index is 1450. The Hall–Kier alpha value is -3.38. The van der Waals surface area contributed by atoms with Crippen LogP contribution in [0.2, 0.25) is 0 Å². The second kappa shape index (κ2) is 12.0. The summed E-state index contributed by atoms with van der Waals surface area (Å²) in [5.41, 5.74) is 8.80. The lowest BCUT2D eigenvalue weighted by Gasteiger charge is -2.16. The fraction of sp³-hybridized carbons (Fsp3) is 0.438. The van der Waals surface area contributed by atoms with Gasteiger partial charge in [0.2, 0.25) is 0 Å². The molecule has 6 heteroatoms. The SMILES string of the molecule is CCCc1cc(C)[nH]c(=O)c1Cc1cc(-c2ccc(NCCN(C)CC)nc2)cc2c1c(C)cn2C(C)C. The Balaban J connectivity index is 1.77. The molecule has 0 spiro atoms. The number of pyridine rings is 2. The molecular formula is C32H43N5O. The average Bonchev–Trinajstić information content (AvgIpc) is 3.23. The largest absolute Gasteiger partial charge is 0.369 e. The van der Waals surface area contributed by atoms with E-state index < -0.39 is 0 Å². The lowest BCUT2D eigenvalue weighted by Crippen LogP contribution is -2.24. The first-order chi connectivity index (χ1) is 18.2. The highest BCUT2D eigenvalue weighted by molar-refractivity contribution is 5.92. The third-order valence-corrected chi connectivity index (χ3v) is 7.45. The predicted octanol–water partition coefficient (Wildman–Crippen LogP) is 6.50. The number of aromatic amines is 1. The molecule has 0 aliphatic heterocycles. The van der Waals surface area contributed by atoms with Crippen LogP contribution in [0.25, 0.3) is 22.0 Å². The molecule has 0 bridgehead atoms. The van der Waals surface area contributed by atoms with Gasteiger partial charge in [-0.25, -0.2) is 4.98 Å². The van der Waals surface area contributed by atoms with Gasteiger partial charge in [-0.15, -0.1) is 0 Å². The summed E-state index contributed by atoms with van der Waals surface area (Å²) in [6.07, 6.45) is 6.72. The van der Waals surface area contributed by atoms with E-state index in [1.54, 1.807) is 0 Å². The second-order valence-electron chi connectivity index (χ2n) is 10.8. The fourth-order valence-electron chi connectivity index (χ4n) is 5.28. The van der Waals surface area contributed by atoms with Gasteiger partial charge in [0.15, 0.2) is 0 Å². The van der Waals surface area contributed by atoms with Crippen molar-refractivity contribution in [1.29, 1.82) is 0 Å². The molecule has 0 unspecified atom stereocenters. The summed E-state index contributed by atoms with van der Waals surface area (Å²) in [6, 6.07) is 11.2. The monoisotopic (exact) mass is 513 g/mol. The van der Waals surface area contributed by atoms with Crippen LogP contribution in [0.1, 0.15) is 68.1 Å². The van der Waals surface area contributed by atoms with E-state index in [2.05, 4.69) is 98.0 Å². The Labute approximate surface area is 227 Å². The normalized spacial score (nSPS) is 11.7. The molecule has 3 aromatic heterocycles. The Morgan fingerprint density at radius 3 is 2.53 bits per heavy atom. The molecule has 0 fully saturated rings. The second-order valence-corrected chi connectivity index (χ2v) is 10.8. The fourth-order valence-corrected chi connectivity index (χ4v) is 5.28. The minimum Gasteiger partial charge on any atom is -0.369 e. The van der Waals surface area contributed by atoms with Crippen molar-refractivity contribution >= 4 is 16.7 Å². The molecule has 0 amide bonds. The third kappa shape index (κ3) is 6.02. The van der Waals surface area contributed by atoms with Gasteiger partial charge < -0.3 is 19.8 Å². The zero-order valence-electron chi connectivity index (χ0n) is 24.1. The predicted molar refractivity (Wildman–Crippen MR) is 161 cm³/mol. The zero-order chi connectivity index (χ0) is 27.4. The van der Waals surface area contributed by atoms with Crippen LogP contribution in [0.5, 0.6) is 0 Å². The van der Waals surface area contributed by atoms with Gasteiger partial charge in [-0.2, -0.15) is 0 Å². The molecule has 0 radical (unpaired) electrons. The van der Waals surface area contributed by atoms with Gasteiger partial charge in [0.25, 0.3) is 5.56 Å². The molecule has 4 rings (SSSR count). The lowest BCUT2D eigenvalue weighted by molar-refractivity contribution is 0.367. The third-order valence-electron chi connectivity index (χ3n) is 7.45. The standard InChI is InChI=1S/C32H43N5O/c1-8-10-24-15-23(6)35-32(38)28(24)17-27-16-26(18-29-31(27)22(5)20-37(29)21(3)4)25-11-12-30(34-19-25)33-13-14-36(7)9-2/h11-12,15-16,18-21H,8-10,13-14,17H2,1-7H3,(H,33,34)(H,35,38). The number of H-pyrrole nitrogens is 1. The molecule has 3 heterocycles. The van der Waals surface area contributed by atoms with Crippen molar-refractivity contribution < 1.29 is 0 Å². The minimum atomic E-state index is 0.0266. The summed E-state index contributed by atoms with van der Waals surface area (Å²) in [5.74, 6) is 0.886. The highest BCUT2D eigenvalue weighted by Gasteiger charge is 2.17. The molecule has 4 aromatic rings. The summed E-state index contributed by atoms with van der Waals surface area (Å²) in [5, 5.41) is 4.67. The number of anilines is 1. The molecule has 0 atom stereocenters. The van der Waals surface area contributed by atoms with Crippen molar-refractivity contribution in [1.82, 2.24) is 19.4 Å². The van der Waals surface area contributed by atoms with Crippen molar-refractivity contribution in [2.45, 2.75) is 66.8 Å². The molecule has 6 nitrogen and oxygen atoms in total. The quantitative estimate of drug-likeness (QED) is 0.240. The Morgan fingerprint density at radius 1 is 1.08 bits per heavy atom. The molecule has 0 aliphatic carbocycles. The number of nitrogens with one attached hydrogen (secondary N) is 2. The first-order valence-electron chi connectivity index (χ1n) is 14.0. The maximum absolute atomic E-state index is 13.1. The molecule has 202 valence electrons. The number of hydrogen-bond donors (Lipinski definition) is 2. The summed E-state index contributed by atoms with van der Waals surface area (Å²) in [7, 11) is 2.12. The van der Waals surface area contributed by atoms with E-state index in [9.17, 15) is 4.79 Å². The Morgan fingerprint density at radius 2 is 1.87 bits per heavy atom. The van der Waals surface area contributed by atoms with Crippen LogP contribution < -0.4 is 10.9 Å². The summed E-state index contributed by atoms with van der Waals surface area (Å²) >= 11 is 0. The van der Waals surface area contributed by atoms with E-state index in [4.69, 9.17) is 4.98 Å². The molecule has 0 saturated heterocycles. The molecule has 1 aromatic carbocycles. The van der Waals surface area contributed by atoms with Crippen molar-refractivity contribution in [3.8, 4) is 11.1 Å². The van der Waals surface area contributed by atoms with Crippen molar-refractivity contribution in [2.75, 3.05) is 32.0 Å². The molecular weight excluding hydrogens is 470 g/mol. The summed E-state index contributed by atoms with van der Waals surface area (Å²) < 4.78 is 2.34. The topological polar surface area (TPSA) is 66.0 Å². The average molecular weight is 514 g/mol. The van der Waals surface area contributed by atoms with Crippen molar-refractivity contribution in [3.63, 3.8) is 0 Å². The van der Waals surface area contributed by atoms with Gasteiger partial charge in [0.1, 0.15) is 5.82 Å². The first-order valence-corrected chi connectivity index (χ1v) is 14.0. The number of likely N-dealkylation sites (N-methyl/N-ethyl adjacent to an activating group) is 1. The van der Waals surface area contributed by atoms with Crippen LogP contribution in [-0.4, -0.2) is 46.1 Å². The van der Waals surface area contributed by atoms with Crippen molar-refractivity contribution in [3.05, 3.63) is 81.0 Å². The van der Waals surface area contributed by atoms with Crippen LogP contribution in [0.15, 0.2) is 47.5 Å². The highest BCUT2D eigenvalue weighted by atomic mass is 16.1. The van der Waals surface area contributed by atoms with E-state index in [1.807, 2.05) is 13.1 Å². The van der Waals surface area contributed by atoms with Crippen molar-refractivity contribution in [2.24, 2.45) is 0 Å². The van der Waals surface area contributed by atoms with Gasteiger partial charge in [0.05, 0.1) is 0 Å². The molecule has 0 saturated carbocycles. The van der Waals surface area contributed by atoms with E-state index in [0.717, 1.165) is 66.2 Å². The summed E-state index contributed by atoms with van der Waals surface area (Å²) in [4.78, 5) is 23.2. The van der Waals surface area contributed by atoms with E-state index >= 15 is 0 Å². The van der Waals surface area contributed by atoms with E-state index in [0.29, 0.717) is 12.5 Å². The first kappa shape index (κ1) is 27.6. The minimum absolute atomic E-state index is 0.0266. The van der Waals surface area contributed by atoms with Gasteiger partial charge >= 0.3 is 0 Å². The smallest absolute Gasteiger partial charge is 0.251 e. The number of aryl methyl sites for hydroxylation is 3. The maximum atomic E-state index is 13.1. The maximum Gasteiger partial charge on any atom is 0.251 e. The van der Waals surface area contributed by atoms with Crippen LogP contribution in [0.3, 0.4) is 0 Å². The van der Waals surface area contributed by atoms with Crippen LogP contribution in [0, 0.1) is 13.8 Å². The van der Waals surface area contributed by atoms with Crippen LogP contribution in [0.4, 0.5) is 5.82 Å². The number of fused-ring (bicyclic) bond motifs is 1. The van der Waals surface area contributed by atoms with Gasteiger partial charge in [0, 0.05) is 65.7 Å². The van der Waals surface area contributed by atoms with Crippen LogP contribution in [-0.2, 0) is 12.8 Å². The van der Waals surface area contributed by atoms with E-state index in [-0.39, 0.29) is 5.56 Å². The van der Waals surface area contributed by atoms with Gasteiger partial charge in [-0.05, 0) is 100 Å². The summed E-state index contributed by atoms with van der Waals surface area (Å²) in [6.45, 7) is 15.8. The number of aromatic nitrogens is 3. The molecule has 0 aliphatic rings. The van der Waals surface area contributed by atoms with Gasteiger partial charge in [-0.1, -0.05) is 20.3 Å². The van der Waals surface area contributed by atoms with Crippen LogP contribution >= 0.6 is 0 Å². The Kier molecular flexibility index (Phi) is 8.72. The van der Waals surface area contributed by atoms with E-state index in [1.165, 1.54) is 22.0 Å². The number of hydrogen-bond acceptors (Lipinski definition) is 4. The number of rotatable bonds is 11. The highest BCUT2D eigenvalue weighted by Crippen LogP contribution is 2.34. The number of nitrogens with zero attached hydrogens (tertiary/aromatic N) is 3.